The molecule has 28 heavy (non-hydrogen) atoms. The van der Waals surface area contributed by atoms with Crippen molar-refractivity contribution in [2.75, 3.05) is 32.8 Å². The van der Waals surface area contributed by atoms with Crippen molar-refractivity contribution < 1.29 is 9.53 Å². The molecule has 2 fully saturated rings. The van der Waals surface area contributed by atoms with Crippen molar-refractivity contribution in [1.82, 2.24) is 15.2 Å². The number of nitrogens with two attached hydrogens (primary N) is 1. The van der Waals surface area contributed by atoms with E-state index in [1.165, 1.54) is 11.1 Å². The molecule has 2 aliphatic rings. The van der Waals surface area contributed by atoms with Crippen LogP contribution in [0.15, 0.2) is 48.5 Å². The van der Waals surface area contributed by atoms with Crippen LogP contribution < -0.4 is 11.3 Å². The second-order valence-corrected chi connectivity index (χ2v) is 7.83. The van der Waals surface area contributed by atoms with Crippen LogP contribution in [-0.2, 0) is 11.3 Å². The Bertz CT molecular complexity index is 808. The lowest BCUT2D eigenvalue weighted by Crippen LogP contribution is -2.57. The van der Waals surface area contributed by atoms with E-state index in [-0.39, 0.29) is 5.91 Å². The molecule has 4 rings (SSSR count). The fourth-order valence-corrected chi connectivity index (χ4v) is 4.00. The summed E-state index contributed by atoms with van der Waals surface area (Å²) in [5.41, 5.74) is 5.18. The smallest absolute Gasteiger partial charge is 0.265 e. The number of benzene rings is 2. The summed E-state index contributed by atoms with van der Waals surface area (Å²) in [6, 6.07) is 16.6. The molecule has 0 radical (unpaired) electrons. The Labute approximate surface area is 170 Å². The number of amides is 1. The number of halogens is 1. The van der Waals surface area contributed by atoms with Crippen molar-refractivity contribution >= 4 is 17.5 Å². The molecular formula is C21H25ClN4O2. The minimum absolute atomic E-state index is 0.276. The first-order valence-electron chi connectivity index (χ1n) is 9.55. The quantitative estimate of drug-likeness (QED) is 0.457. The second kappa shape index (κ2) is 8.59. The zero-order chi connectivity index (χ0) is 19.5. The van der Waals surface area contributed by atoms with Gasteiger partial charge in [-0.15, -0.1) is 0 Å². The molecule has 0 bridgehead atoms. The van der Waals surface area contributed by atoms with E-state index < -0.39 is 0 Å². The molecule has 2 aromatic carbocycles. The zero-order valence-electron chi connectivity index (χ0n) is 15.7. The highest BCUT2D eigenvalue weighted by atomic mass is 35.5. The third-order valence-corrected chi connectivity index (χ3v) is 5.90. The number of hydrogen-bond donors (Lipinski definition) is 2. The van der Waals surface area contributed by atoms with Gasteiger partial charge >= 0.3 is 0 Å². The van der Waals surface area contributed by atoms with E-state index in [1.807, 2.05) is 36.4 Å². The molecule has 0 spiro atoms. The summed E-state index contributed by atoms with van der Waals surface area (Å²) in [7, 11) is 0. The van der Waals surface area contributed by atoms with Gasteiger partial charge in [-0.05, 0) is 35.4 Å². The molecule has 7 heteroatoms. The van der Waals surface area contributed by atoms with Gasteiger partial charge in [-0.3, -0.25) is 20.0 Å². The molecule has 2 heterocycles. The lowest BCUT2D eigenvalue weighted by molar-refractivity contribution is -0.0877. The number of ether oxygens (including phenoxy) is 1. The van der Waals surface area contributed by atoms with Gasteiger partial charge < -0.3 is 4.74 Å². The largest absolute Gasteiger partial charge is 0.378 e. The van der Waals surface area contributed by atoms with E-state index in [1.54, 1.807) is 0 Å². The minimum Gasteiger partial charge on any atom is -0.378 e. The summed E-state index contributed by atoms with van der Waals surface area (Å²) >= 11 is 6.10. The van der Waals surface area contributed by atoms with Crippen molar-refractivity contribution in [1.29, 1.82) is 0 Å². The van der Waals surface area contributed by atoms with Gasteiger partial charge in [-0.1, -0.05) is 35.9 Å². The Morgan fingerprint density at radius 2 is 1.82 bits per heavy atom. The van der Waals surface area contributed by atoms with Crippen LogP contribution in [0.2, 0.25) is 5.02 Å². The van der Waals surface area contributed by atoms with Gasteiger partial charge in [0.1, 0.15) is 0 Å². The Hall–Kier alpha value is -1.96. The van der Waals surface area contributed by atoms with Gasteiger partial charge in [0.25, 0.3) is 5.91 Å². The second-order valence-electron chi connectivity index (χ2n) is 7.39. The van der Waals surface area contributed by atoms with Gasteiger partial charge in [-0.25, -0.2) is 5.84 Å². The van der Waals surface area contributed by atoms with E-state index in [0.29, 0.717) is 17.6 Å². The van der Waals surface area contributed by atoms with Gasteiger partial charge in [0.2, 0.25) is 0 Å². The average molecular weight is 401 g/mol. The topological polar surface area (TPSA) is 70.8 Å². The molecule has 148 valence electrons. The van der Waals surface area contributed by atoms with Gasteiger partial charge in [0.05, 0.1) is 19.3 Å². The molecule has 0 aliphatic carbocycles. The Morgan fingerprint density at radius 3 is 2.43 bits per heavy atom. The molecule has 3 N–H and O–H groups in total. The van der Waals surface area contributed by atoms with E-state index in [9.17, 15) is 4.79 Å². The highest BCUT2D eigenvalue weighted by molar-refractivity contribution is 6.30. The molecule has 1 unspecified atom stereocenters. The fourth-order valence-electron chi connectivity index (χ4n) is 3.88. The number of nitrogens with zero attached hydrogens (tertiary/aromatic N) is 2. The minimum atomic E-state index is -0.276. The summed E-state index contributed by atoms with van der Waals surface area (Å²) in [6.07, 6.45) is 0. The average Bonchev–Trinajstić information content (AvgIpc) is 2.68. The van der Waals surface area contributed by atoms with Crippen LogP contribution in [0.3, 0.4) is 0 Å². The first-order valence-corrected chi connectivity index (χ1v) is 9.93. The molecule has 2 aliphatic heterocycles. The number of nitrogen functional groups attached to an aromatic ring is 1. The fraction of sp³-hybridized carbons (Fsp3) is 0.381. The molecule has 1 amide bonds. The predicted octanol–water partition coefficient (Wildman–Crippen LogP) is 2.20. The number of carbonyl (C=O) groups is 1. The lowest BCUT2D eigenvalue weighted by Gasteiger charge is -2.47. The highest BCUT2D eigenvalue weighted by Crippen LogP contribution is 2.30. The van der Waals surface area contributed by atoms with Crippen molar-refractivity contribution in [3.8, 4) is 0 Å². The van der Waals surface area contributed by atoms with Crippen molar-refractivity contribution in [2.24, 2.45) is 5.84 Å². The Morgan fingerprint density at radius 1 is 1.11 bits per heavy atom. The molecule has 1 atom stereocenters. The number of hydrazine groups is 1. The summed E-state index contributed by atoms with van der Waals surface area (Å²) in [5.74, 6) is 4.93. The third-order valence-electron chi connectivity index (χ3n) is 5.65. The van der Waals surface area contributed by atoms with Crippen LogP contribution in [0.5, 0.6) is 0 Å². The molecule has 2 aromatic rings. The third kappa shape index (κ3) is 4.21. The number of rotatable bonds is 5. The Balaban J connectivity index is 1.51. The SMILES string of the molecule is NNC(=O)c1ccc(CN2CCN(C3COC3)CC2c2ccc(Cl)cc2)cc1. The standard InChI is InChI=1S/C21H25ClN4O2/c22-18-7-5-16(6-8-18)20-12-25(19-13-28-14-19)9-10-26(20)11-15-1-3-17(4-2-15)21(27)24-23/h1-8,19-20H,9-14,23H2,(H,24,27). The maximum Gasteiger partial charge on any atom is 0.265 e. The van der Waals surface area contributed by atoms with Crippen LogP contribution in [0.4, 0.5) is 0 Å². The number of carbonyl (C=O) groups excluding carboxylic acids is 1. The summed E-state index contributed by atoms with van der Waals surface area (Å²) in [4.78, 5) is 16.7. The normalized spacial score (nSPS) is 21.3. The number of hydrogen-bond acceptors (Lipinski definition) is 5. The van der Waals surface area contributed by atoms with Gasteiger partial charge in [0.15, 0.2) is 0 Å². The predicted molar refractivity (Wildman–Crippen MR) is 109 cm³/mol. The van der Waals surface area contributed by atoms with E-state index in [4.69, 9.17) is 22.2 Å². The van der Waals surface area contributed by atoms with Crippen LogP contribution in [0.1, 0.15) is 27.5 Å². The first-order chi connectivity index (χ1) is 13.6. The van der Waals surface area contributed by atoms with Crippen molar-refractivity contribution in [3.05, 3.63) is 70.2 Å². The highest BCUT2D eigenvalue weighted by Gasteiger charge is 2.34. The zero-order valence-corrected chi connectivity index (χ0v) is 16.4. The van der Waals surface area contributed by atoms with E-state index in [0.717, 1.165) is 44.4 Å². The molecular weight excluding hydrogens is 376 g/mol. The Kier molecular flexibility index (Phi) is 5.94. The van der Waals surface area contributed by atoms with Crippen LogP contribution in [0.25, 0.3) is 0 Å². The maximum absolute atomic E-state index is 11.6. The van der Waals surface area contributed by atoms with Crippen molar-refractivity contribution in [3.63, 3.8) is 0 Å². The van der Waals surface area contributed by atoms with Crippen molar-refractivity contribution in [2.45, 2.75) is 18.6 Å². The maximum atomic E-state index is 11.6. The van der Waals surface area contributed by atoms with Crippen LogP contribution >= 0.6 is 11.6 Å². The van der Waals surface area contributed by atoms with E-state index >= 15 is 0 Å². The molecule has 0 saturated carbocycles. The van der Waals surface area contributed by atoms with Crippen LogP contribution in [0, 0.1) is 0 Å². The van der Waals surface area contributed by atoms with Gasteiger partial charge in [0, 0.05) is 42.8 Å². The molecule has 2 saturated heterocycles. The monoisotopic (exact) mass is 400 g/mol. The summed E-state index contributed by atoms with van der Waals surface area (Å²) < 4.78 is 5.39. The summed E-state index contributed by atoms with van der Waals surface area (Å²) in [5, 5.41) is 0.754. The number of piperazine rings is 1. The van der Waals surface area contributed by atoms with Crippen LogP contribution in [-0.4, -0.2) is 54.6 Å². The summed E-state index contributed by atoms with van der Waals surface area (Å²) in [6.45, 7) is 5.48. The number of nitrogens with one attached hydrogen (secondary N) is 1. The molecule has 0 aromatic heterocycles. The van der Waals surface area contributed by atoms with E-state index in [2.05, 4.69) is 27.4 Å². The van der Waals surface area contributed by atoms with Gasteiger partial charge in [-0.2, -0.15) is 0 Å². The first kappa shape index (κ1) is 19.4. The lowest BCUT2D eigenvalue weighted by atomic mass is 9.99. The molecule has 6 nitrogen and oxygen atoms in total.